The number of rotatable bonds is 2. The Bertz CT molecular complexity index is 418. The van der Waals surface area contributed by atoms with Gasteiger partial charge in [-0.25, -0.2) is 0 Å². The lowest BCUT2D eigenvalue weighted by Gasteiger charge is -2.24. The summed E-state index contributed by atoms with van der Waals surface area (Å²) in [6.07, 6.45) is 8.87. The van der Waals surface area contributed by atoms with E-state index in [4.69, 9.17) is 12.2 Å². The molecule has 0 spiro atoms. The minimum atomic E-state index is 0.706. The molecule has 1 N–H and O–H groups in total. The number of fused-ring (bicyclic) bond motifs is 2. The van der Waals surface area contributed by atoms with Crippen LogP contribution in [0.15, 0.2) is 6.20 Å². The first-order chi connectivity index (χ1) is 7.29. The van der Waals surface area contributed by atoms with Gasteiger partial charge in [0.15, 0.2) is 4.77 Å². The largest absolute Gasteiger partial charge is 0.337 e. The van der Waals surface area contributed by atoms with Crippen molar-refractivity contribution in [2.45, 2.75) is 45.1 Å². The standard InChI is InChI=1S/C12H18N2S/c1-2-10-7-13-12(15)14(10)11-6-8-3-4-9(11)5-8/h7-9,11H,2-6H2,1H3,(H,13,15). The molecule has 2 nitrogen and oxygen atoms in total. The van der Waals surface area contributed by atoms with Crippen LogP contribution in [0.2, 0.25) is 0 Å². The number of aromatic amines is 1. The second kappa shape index (κ2) is 3.48. The van der Waals surface area contributed by atoms with E-state index in [1.54, 1.807) is 0 Å². The molecule has 82 valence electrons. The lowest BCUT2D eigenvalue weighted by molar-refractivity contribution is 0.321. The van der Waals surface area contributed by atoms with Gasteiger partial charge in [0.05, 0.1) is 0 Å². The van der Waals surface area contributed by atoms with Crippen molar-refractivity contribution in [3.05, 3.63) is 16.7 Å². The van der Waals surface area contributed by atoms with E-state index in [1.165, 1.54) is 31.4 Å². The van der Waals surface area contributed by atoms with Gasteiger partial charge in [-0.15, -0.1) is 0 Å². The van der Waals surface area contributed by atoms with Crippen LogP contribution >= 0.6 is 12.2 Å². The zero-order valence-corrected chi connectivity index (χ0v) is 10.0. The van der Waals surface area contributed by atoms with Crippen LogP contribution in [-0.2, 0) is 6.42 Å². The van der Waals surface area contributed by atoms with Crippen LogP contribution in [-0.4, -0.2) is 9.55 Å². The molecule has 2 aliphatic carbocycles. The smallest absolute Gasteiger partial charge is 0.177 e. The van der Waals surface area contributed by atoms with Gasteiger partial charge in [-0.2, -0.15) is 0 Å². The monoisotopic (exact) mass is 222 g/mol. The second-order valence-corrected chi connectivity index (χ2v) is 5.44. The van der Waals surface area contributed by atoms with Gasteiger partial charge in [-0.1, -0.05) is 13.3 Å². The van der Waals surface area contributed by atoms with E-state index in [0.717, 1.165) is 23.0 Å². The summed E-state index contributed by atoms with van der Waals surface area (Å²) >= 11 is 5.40. The molecule has 0 saturated heterocycles. The lowest BCUT2D eigenvalue weighted by atomic mass is 9.95. The first-order valence-corrected chi connectivity index (χ1v) is 6.49. The fourth-order valence-corrected chi connectivity index (χ4v) is 3.89. The molecule has 0 aromatic carbocycles. The molecule has 2 fully saturated rings. The van der Waals surface area contributed by atoms with Crippen LogP contribution in [0.1, 0.15) is 44.3 Å². The minimum absolute atomic E-state index is 0.706. The predicted molar refractivity (Wildman–Crippen MR) is 63.5 cm³/mol. The summed E-state index contributed by atoms with van der Waals surface area (Å²) in [5, 5.41) is 0. The van der Waals surface area contributed by atoms with Gasteiger partial charge in [-0.05, 0) is 49.7 Å². The van der Waals surface area contributed by atoms with Crippen molar-refractivity contribution in [3.63, 3.8) is 0 Å². The molecule has 3 unspecified atom stereocenters. The first-order valence-electron chi connectivity index (χ1n) is 6.08. The quantitative estimate of drug-likeness (QED) is 0.760. The number of nitrogens with one attached hydrogen (secondary N) is 1. The van der Waals surface area contributed by atoms with Crippen LogP contribution in [0.3, 0.4) is 0 Å². The molecule has 0 radical (unpaired) electrons. The SMILES string of the molecule is CCc1c[nH]c(=S)n1C1CC2CCC1C2. The highest BCUT2D eigenvalue weighted by molar-refractivity contribution is 7.71. The van der Waals surface area contributed by atoms with E-state index in [0.29, 0.717) is 6.04 Å². The third-order valence-electron chi connectivity index (χ3n) is 4.29. The molecule has 15 heavy (non-hydrogen) atoms. The number of aromatic nitrogens is 2. The second-order valence-electron chi connectivity index (χ2n) is 5.05. The molecule has 3 heteroatoms. The molecule has 1 heterocycles. The summed E-state index contributed by atoms with van der Waals surface area (Å²) in [4.78, 5) is 3.20. The van der Waals surface area contributed by atoms with Gasteiger partial charge in [0, 0.05) is 17.9 Å². The summed E-state index contributed by atoms with van der Waals surface area (Å²) in [6, 6.07) is 0.706. The number of H-pyrrole nitrogens is 1. The Morgan fingerprint density at radius 2 is 2.33 bits per heavy atom. The maximum Gasteiger partial charge on any atom is 0.177 e. The Morgan fingerprint density at radius 3 is 2.93 bits per heavy atom. The highest BCUT2D eigenvalue weighted by atomic mass is 32.1. The Hall–Kier alpha value is -0.570. The van der Waals surface area contributed by atoms with E-state index in [9.17, 15) is 0 Å². The average Bonchev–Trinajstić information content (AvgIpc) is 2.90. The third kappa shape index (κ3) is 1.40. The van der Waals surface area contributed by atoms with Crippen molar-refractivity contribution in [3.8, 4) is 0 Å². The number of imidazole rings is 1. The average molecular weight is 222 g/mol. The van der Waals surface area contributed by atoms with E-state index < -0.39 is 0 Å². The first kappa shape index (κ1) is 9.64. The topological polar surface area (TPSA) is 20.7 Å². The minimum Gasteiger partial charge on any atom is -0.337 e. The van der Waals surface area contributed by atoms with E-state index >= 15 is 0 Å². The fourth-order valence-electron chi connectivity index (χ4n) is 3.58. The maximum atomic E-state index is 5.40. The van der Waals surface area contributed by atoms with Crippen molar-refractivity contribution < 1.29 is 0 Å². The number of nitrogens with zero attached hydrogens (tertiary/aromatic N) is 1. The molecule has 1 aromatic rings. The van der Waals surface area contributed by atoms with Crippen molar-refractivity contribution in [1.82, 2.24) is 9.55 Å². The highest BCUT2D eigenvalue weighted by Crippen LogP contribution is 2.51. The molecular formula is C12H18N2S. The summed E-state index contributed by atoms with van der Waals surface area (Å²) in [7, 11) is 0. The fraction of sp³-hybridized carbons (Fsp3) is 0.750. The van der Waals surface area contributed by atoms with Crippen molar-refractivity contribution in [2.24, 2.45) is 11.8 Å². The summed E-state index contributed by atoms with van der Waals surface area (Å²) < 4.78 is 3.34. The van der Waals surface area contributed by atoms with Crippen molar-refractivity contribution >= 4 is 12.2 Å². The molecule has 0 aliphatic heterocycles. The Kier molecular flexibility index (Phi) is 2.23. The Labute approximate surface area is 95.7 Å². The van der Waals surface area contributed by atoms with Gasteiger partial charge in [0.1, 0.15) is 0 Å². The molecule has 3 atom stereocenters. The molecule has 1 aromatic heterocycles. The number of hydrogen-bond acceptors (Lipinski definition) is 1. The molecule has 2 aliphatic rings. The van der Waals surface area contributed by atoms with E-state index in [2.05, 4.69) is 22.7 Å². The predicted octanol–water partition coefficient (Wildman–Crippen LogP) is 3.47. The summed E-state index contributed by atoms with van der Waals surface area (Å²) in [5.41, 5.74) is 1.39. The van der Waals surface area contributed by atoms with Crippen LogP contribution in [0.25, 0.3) is 0 Å². The van der Waals surface area contributed by atoms with Gasteiger partial charge < -0.3 is 9.55 Å². The third-order valence-corrected chi connectivity index (χ3v) is 4.60. The molecule has 0 amide bonds. The van der Waals surface area contributed by atoms with Crippen molar-refractivity contribution in [2.75, 3.05) is 0 Å². The lowest BCUT2D eigenvalue weighted by Crippen LogP contribution is -2.18. The van der Waals surface area contributed by atoms with Gasteiger partial charge in [-0.3, -0.25) is 0 Å². The number of hydrogen-bond donors (Lipinski definition) is 1. The van der Waals surface area contributed by atoms with Crippen LogP contribution in [0, 0.1) is 16.6 Å². The van der Waals surface area contributed by atoms with Crippen LogP contribution in [0.4, 0.5) is 0 Å². The molecular weight excluding hydrogens is 204 g/mol. The van der Waals surface area contributed by atoms with Crippen LogP contribution in [0.5, 0.6) is 0 Å². The summed E-state index contributed by atoms with van der Waals surface area (Å²) in [6.45, 7) is 2.21. The maximum absolute atomic E-state index is 5.40. The normalized spacial score (nSPS) is 33.8. The van der Waals surface area contributed by atoms with Crippen molar-refractivity contribution in [1.29, 1.82) is 0 Å². The van der Waals surface area contributed by atoms with E-state index in [1.807, 2.05) is 0 Å². The molecule has 3 rings (SSSR count). The van der Waals surface area contributed by atoms with E-state index in [-0.39, 0.29) is 0 Å². The van der Waals surface area contributed by atoms with Crippen LogP contribution < -0.4 is 0 Å². The zero-order valence-electron chi connectivity index (χ0n) is 9.20. The highest BCUT2D eigenvalue weighted by Gasteiger charge is 2.41. The number of aryl methyl sites for hydroxylation is 1. The summed E-state index contributed by atoms with van der Waals surface area (Å²) in [5.74, 6) is 1.89. The zero-order chi connectivity index (χ0) is 10.4. The molecule has 2 bridgehead atoms. The molecule has 2 saturated carbocycles. The Balaban J connectivity index is 1.99. The Morgan fingerprint density at radius 1 is 1.47 bits per heavy atom. The van der Waals surface area contributed by atoms with Gasteiger partial charge in [0.2, 0.25) is 0 Å². The van der Waals surface area contributed by atoms with Gasteiger partial charge >= 0.3 is 0 Å². The van der Waals surface area contributed by atoms with Gasteiger partial charge in [0.25, 0.3) is 0 Å².